The zero-order valence-electron chi connectivity index (χ0n) is 17.7. The lowest BCUT2D eigenvalue weighted by Gasteiger charge is -2.22. The summed E-state index contributed by atoms with van der Waals surface area (Å²) < 4.78 is 5.30. The van der Waals surface area contributed by atoms with E-state index < -0.39 is 0 Å². The number of carbonyl (C=O) groups excluding carboxylic acids is 2. The lowest BCUT2D eigenvalue weighted by molar-refractivity contribution is -0.126. The fourth-order valence-corrected chi connectivity index (χ4v) is 3.22. The Labute approximate surface area is 173 Å². The predicted octanol–water partition coefficient (Wildman–Crippen LogP) is 3.54. The number of hydrogen-bond acceptors (Lipinski definition) is 4. The number of rotatable bonds is 10. The Morgan fingerprint density at radius 2 is 1.76 bits per heavy atom. The van der Waals surface area contributed by atoms with E-state index in [9.17, 15) is 9.59 Å². The highest BCUT2D eigenvalue weighted by Crippen LogP contribution is 2.23. The Hall–Kier alpha value is -3.02. The fourth-order valence-electron chi connectivity index (χ4n) is 3.22. The molecule has 0 saturated heterocycles. The highest BCUT2D eigenvalue weighted by atomic mass is 16.5. The Kier molecular flexibility index (Phi) is 8.52. The fraction of sp³-hybridized carbons (Fsp3) is 0.391. The minimum absolute atomic E-state index is 0.205. The molecule has 0 saturated carbocycles. The minimum Gasteiger partial charge on any atom is -0.496 e. The van der Waals surface area contributed by atoms with Gasteiger partial charge in [-0.05, 0) is 62.6 Å². The Morgan fingerprint density at radius 3 is 2.41 bits per heavy atom. The second-order valence-corrected chi connectivity index (χ2v) is 6.81. The number of methoxy groups -OCH3 is 1. The first-order valence-electron chi connectivity index (χ1n) is 10.0. The van der Waals surface area contributed by atoms with Crippen molar-refractivity contribution in [2.24, 2.45) is 0 Å². The van der Waals surface area contributed by atoms with Crippen LogP contribution in [0.1, 0.15) is 31.4 Å². The van der Waals surface area contributed by atoms with Crippen molar-refractivity contribution in [3.8, 4) is 5.75 Å². The monoisotopic (exact) mass is 397 g/mol. The SMILES string of the molecule is CCN(CC)c1ccc(NC(=O)CC(=O)NCCc2ccccc2OC)c(C)c1. The summed E-state index contributed by atoms with van der Waals surface area (Å²) in [6.07, 6.45) is 0.437. The normalized spacial score (nSPS) is 10.3. The number of nitrogens with zero attached hydrogens (tertiary/aromatic N) is 1. The largest absolute Gasteiger partial charge is 0.496 e. The summed E-state index contributed by atoms with van der Waals surface area (Å²) in [7, 11) is 1.62. The zero-order valence-corrected chi connectivity index (χ0v) is 17.7. The molecule has 2 aromatic carbocycles. The third kappa shape index (κ3) is 6.52. The maximum absolute atomic E-state index is 12.2. The second kappa shape index (κ2) is 11.1. The van der Waals surface area contributed by atoms with E-state index in [0.717, 1.165) is 41.3 Å². The van der Waals surface area contributed by atoms with Gasteiger partial charge in [0.05, 0.1) is 7.11 Å². The predicted molar refractivity (Wildman–Crippen MR) is 118 cm³/mol. The van der Waals surface area contributed by atoms with E-state index in [1.807, 2.05) is 43.3 Å². The number of anilines is 2. The molecule has 29 heavy (non-hydrogen) atoms. The summed E-state index contributed by atoms with van der Waals surface area (Å²) in [5.41, 5.74) is 3.84. The molecule has 6 heteroatoms. The quantitative estimate of drug-likeness (QED) is 0.602. The van der Waals surface area contributed by atoms with Gasteiger partial charge in [-0.2, -0.15) is 0 Å². The molecule has 2 amide bonds. The van der Waals surface area contributed by atoms with Gasteiger partial charge in [-0.3, -0.25) is 9.59 Å². The van der Waals surface area contributed by atoms with E-state index in [4.69, 9.17) is 4.74 Å². The molecule has 0 radical (unpaired) electrons. The third-order valence-corrected chi connectivity index (χ3v) is 4.84. The Morgan fingerprint density at radius 1 is 1.03 bits per heavy atom. The van der Waals surface area contributed by atoms with Gasteiger partial charge < -0.3 is 20.3 Å². The van der Waals surface area contributed by atoms with Crippen LogP contribution in [0, 0.1) is 6.92 Å². The van der Waals surface area contributed by atoms with E-state index in [-0.39, 0.29) is 18.2 Å². The van der Waals surface area contributed by atoms with Crippen molar-refractivity contribution in [3.05, 3.63) is 53.6 Å². The summed E-state index contributed by atoms with van der Waals surface area (Å²) in [4.78, 5) is 26.6. The standard InChI is InChI=1S/C23H31N3O3/c1-5-26(6-2)19-11-12-20(17(3)15-19)25-23(28)16-22(27)24-14-13-18-9-7-8-10-21(18)29-4/h7-12,15H,5-6,13-14,16H2,1-4H3,(H,24,27)(H,25,28). The molecule has 0 spiro atoms. The van der Waals surface area contributed by atoms with Crippen molar-refractivity contribution in [2.45, 2.75) is 33.6 Å². The maximum atomic E-state index is 12.2. The molecule has 156 valence electrons. The number of carbonyl (C=O) groups is 2. The van der Waals surface area contributed by atoms with Crippen LogP contribution in [0.25, 0.3) is 0 Å². The second-order valence-electron chi connectivity index (χ2n) is 6.81. The molecule has 0 aliphatic carbocycles. The van der Waals surface area contributed by atoms with Crippen molar-refractivity contribution in [3.63, 3.8) is 0 Å². The van der Waals surface area contributed by atoms with E-state index in [1.165, 1.54) is 0 Å². The number of ether oxygens (including phenoxy) is 1. The molecule has 0 aromatic heterocycles. The molecule has 0 atom stereocenters. The van der Waals surface area contributed by atoms with Crippen LogP contribution in [0.15, 0.2) is 42.5 Å². The number of amides is 2. The molecule has 0 aliphatic heterocycles. The Bertz CT molecular complexity index is 832. The van der Waals surface area contributed by atoms with E-state index in [2.05, 4.69) is 35.4 Å². The van der Waals surface area contributed by atoms with Crippen molar-refractivity contribution in [2.75, 3.05) is 37.0 Å². The highest BCUT2D eigenvalue weighted by molar-refractivity contribution is 6.03. The number of para-hydroxylation sites is 1. The summed E-state index contributed by atoms with van der Waals surface area (Å²) in [6, 6.07) is 13.6. The summed E-state index contributed by atoms with van der Waals surface area (Å²) in [6.45, 7) is 8.48. The van der Waals surface area contributed by atoms with Crippen LogP contribution in [0.4, 0.5) is 11.4 Å². The molecular weight excluding hydrogens is 366 g/mol. The van der Waals surface area contributed by atoms with Crippen LogP contribution >= 0.6 is 0 Å². The molecule has 0 unspecified atom stereocenters. The van der Waals surface area contributed by atoms with Crippen molar-refractivity contribution >= 4 is 23.2 Å². The number of aryl methyl sites for hydroxylation is 1. The van der Waals surface area contributed by atoms with Crippen LogP contribution in [-0.2, 0) is 16.0 Å². The van der Waals surface area contributed by atoms with Crippen molar-refractivity contribution < 1.29 is 14.3 Å². The van der Waals surface area contributed by atoms with Gasteiger partial charge in [0.25, 0.3) is 0 Å². The van der Waals surface area contributed by atoms with E-state index in [0.29, 0.717) is 13.0 Å². The van der Waals surface area contributed by atoms with Gasteiger partial charge in [-0.25, -0.2) is 0 Å². The van der Waals surface area contributed by atoms with Crippen LogP contribution in [0.2, 0.25) is 0 Å². The van der Waals surface area contributed by atoms with Gasteiger partial charge >= 0.3 is 0 Å². The highest BCUT2D eigenvalue weighted by Gasteiger charge is 2.12. The van der Waals surface area contributed by atoms with Gasteiger partial charge in [0.15, 0.2) is 0 Å². The molecule has 2 aromatic rings. The number of hydrogen-bond donors (Lipinski definition) is 2. The molecule has 6 nitrogen and oxygen atoms in total. The molecule has 2 N–H and O–H groups in total. The molecule has 2 rings (SSSR count). The van der Waals surface area contributed by atoms with Gasteiger partial charge in [-0.1, -0.05) is 18.2 Å². The van der Waals surface area contributed by atoms with Crippen molar-refractivity contribution in [1.29, 1.82) is 0 Å². The lowest BCUT2D eigenvalue weighted by Crippen LogP contribution is -2.30. The number of nitrogens with one attached hydrogen (secondary N) is 2. The van der Waals surface area contributed by atoms with Crippen LogP contribution in [0.3, 0.4) is 0 Å². The van der Waals surface area contributed by atoms with Crippen LogP contribution < -0.4 is 20.3 Å². The van der Waals surface area contributed by atoms with Crippen molar-refractivity contribution in [1.82, 2.24) is 5.32 Å². The number of benzene rings is 2. The third-order valence-electron chi connectivity index (χ3n) is 4.84. The average molecular weight is 398 g/mol. The topological polar surface area (TPSA) is 70.7 Å². The first kappa shape index (κ1) is 22.3. The van der Waals surface area contributed by atoms with Crippen LogP contribution in [0.5, 0.6) is 5.75 Å². The molecule has 0 fully saturated rings. The summed E-state index contributed by atoms with van der Waals surface area (Å²) in [5, 5.41) is 5.62. The average Bonchev–Trinajstić information content (AvgIpc) is 2.71. The van der Waals surface area contributed by atoms with Crippen LogP contribution in [-0.4, -0.2) is 38.6 Å². The zero-order chi connectivity index (χ0) is 21.2. The molecule has 0 bridgehead atoms. The smallest absolute Gasteiger partial charge is 0.233 e. The minimum atomic E-state index is -0.321. The summed E-state index contributed by atoms with van der Waals surface area (Å²) >= 11 is 0. The van der Waals surface area contributed by atoms with Gasteiger partial charge in [0.2, 0.25) is 11.8 Å². The molecule has 0 aliphatic rings. The molecule has 0 heterocycles. The maximum Gasteiger partial charge on any atom is 0.233 e. The van der Waals surface area contributed by atoms with Gasteiger partial charge in [0, 0.05) is 31.0 Å². The summed E-state index contributed by atoms with van der Waals surface area (Å²) in [5.74, 6) is 0.177. The lowest BCUT2D eigenvalue weighted by atomic mass is 10.1. The molecular formula is C23H31N3O3. The first-order chi connectivity index (χ1) is 14.0. The first-order valence-corrected chi connectivity index (χ1v) is 10.0. The van der Waals surface area contributed by atoms with E-state index in [1.54, 1.807) is 7.11 Å². The van der Waals surface area contributed by atoms with Gasteiger partial charge in [0.1, 0.15) is 12.2 Å². The Balaban J connectivity index is 1.83. The van der Waals surface area contributed by atoms with E-state index >= 15 is 0 Å². The van der Waals surface area contributed by atoms with Gasteiger partial charge in [-0.15, -0.1) is 0 Å².